The standard InChI is InChI=1S/C18H20N2O3S/c21-17(19-13-15-8-4-11-24-15)16(12-14-6-2-1-3-7-14)20-9-5-10-23-18(20)22/h1-4,6-8,11,16H,5,9-10,12-13H2,(H,19,21). The van der Waals surface area contributed by atoms with Crippen LogP contribution in [0.15, 0.2) is 47.8 Å². The number of ether oxygens (including phenoxy) is 1. The molecule has 2 heterocycles. The van der Waals surface area contributed by atoms with Crippen LogP contribution in [0.1, 0.15) is 16.9 Å². The quantitative estimate of drug-likeness (QED) is 0.877. The summed E-state index contributed by atoms with van der Waals surface area (Å²) in [5.41, 5.74) is 1.02. The molecule has 0 aliphatic carbocycles. The van der Waals surface area contributed by atoms with E-state index < -0.39 is 12.1 Å². The Bertz CT molecular complexity index is 673. The first-order valence-electron chi connectivity index (χ1n) is 8.01. The topological polar surface area (TPSA) is 58.6 Å². The van der Waals surface area contributed by atoms with E-state index in [0.29, 0.717) is 26.1 Å². The number of carbonyl (C=O) groups is 2. The van der Waals surface area contributed by atoms with E-state index in [0.717, 1.165) is 16.9 Å². The molecular formula is C18H20N2O3S. The van der Waals surface area contributed by atoms with E-state index in [2.05, 4.69) is 5.32 Å². The largest absolute Gasteiger partial charge is 0.449 e. The summed E-state index contributed by atoms with van der Waals surface area (Å²) in [5.74, 6) is -0.147. The van der Waals surface area contributed by atoms with Crippen molar-refractivity contribution in [3.05, 3.63) is 58.3 Å². The van der Waals surface area contributed by atoms with Gasteiger partial charge in [0.05, 0.1) is 13.2 Å². The van der Waals surface area contributed by atoms with Gasteiger partial charge < -0.3 is 10.1 Å². The lowest BCUT2D eigenvalue weighted by atomic mass is 10.0. The van der Waals surface area contributed by atoms with Crippen molar-refractivity contribution < 1.29 is 14.3 Å². The Kier molecular flexibility index (Phi) is 5.48. The maximum atomic E-state index is 12.7. The second-order valence-corrected chi connectivity index (χ2v) is 6.70. The lowest BCUT2D eigenvalue weighted by Crippen LogP contribution is -2.53. The van der Waals surface area contributed by atoms with Gasteiger partial charge in [-0.2, -0.15) is 0 Å². The Morgan fingerprint density at radius 1 is 1.25 bits per heavy atom. The molecule has 126 valence electrons. The van der Waals surface area contributed by atoms with Gasteiger partial charge in [0, 0.05) is 17.8 Å². The summed E-state index contributed by atoms with van der Waals surface area (Å²) in [7, 11) is 0. The summed E-state index contributed by atoms with van der Waals surface area (Å²) in [6.07, 6.45) is 0.815. The number of benzene rings is 1. The minimum Gasteiger partial charge on any atom is -0.449 e. The highest BCUT2D eigenvalue weighted by molar-refractivity contribution is 7.09. The van der Waals surface area contributed by atoms with Crippen LogP contribution in [-0.2, 0) is 22.5 Å². The van der Waals surface area contributed by atoms with Crippen LogP contribution in [0, 0.1) is 0 Å². The number of amides is 2. The summed E-state index contributed by atoms with van der Waals surface area (Å²) >= 11 is 1.60. The van der Waals surface area contributed by atoms with Crippen molar-refractivity contribution in [1.29, 1.82) is 0 Å². The van der Waals surface area contributed by atoms with Crippen molar-refractivity contribution in [2.45, 2.75) is 25.4 Å². The van der Waals surface area contributed by atoms with Gasteiger partial charge in [-0.1, -0.05) is 36.4 Å². The molecule has 0 bridgehead atoms. The summed E-state index contributed by atoms with van der Waals surface area (Å²) in [6, 6.07) is 13.1. The lowest BCUT2D eigenvalue weighted by molar-refractivity contribution is -0.126. The summed E-state index contributed by atoms with van der Waals surface area (Å²) in [4.78, 5) is 27.4. The fourth-order valence-corrected chi connectivity index (χ4v) is 3.38. The number of cyclic esters (lactones) is 1. The van der Waals surface area contributed by atoms with Crippen LogP contribution in [0.5, 0.6) is 0 Å². The summed E-state index contributed by atoms with van der Waals surface area (Å²) in [5, 5.41) is 4.92. The molecule has 24 heavy (non-hydrogen) atoms. The Labute approximate surface area is 145 Å². The molecule has 0 radical (unpaired) electrons. The first-order valence-corrected chi connectivity index (χ1v) is 8.89. The van der Waals surface area contributed by atoms with Gasteiger partial charge in [-0.3, -0.25) is 9.69 Å². The van der Waals surface area contributed by atoms with Crippen molar-refractivity contribution in [1.82, 2.24) is 10.2 Å². The molecule has 1 atom stereocenters. The van der Waals surface area contributed by atoms with Gasteiger partial charge >= 0.3 is 6.09 Å². The molecule has 1 N–H and O–H groups in total. The SMILES string of the molecule is O=C(NCc1cccs1)C(Cc1ccccc1)N1CCCOC1=O. The van der Waals surface area contributed by atoms with E-state index in [1.807, 2.05) is 47.8 Å². The smallest absolute Gasteiger partial charge is 0.410 e. The molecule has 0 saturated carbocycles. The third kappa shape index (κ3) is 4.14. The maximum absolute atomic E-state index is 12.7. The molecule has 2 aromatic rings. The average molecular weight is 344 g/mol. The van der Waals surface area contributed by atoms with Gasteiger partial charge in [0.15, 0.2) is 0 Å². The Balaban J connectivity index is 1.72. The summed E-state index contributed by atoms with van der Waals surface area (Å²) in [6.45, 7) is 1.44. The summed E-state index contributed by atoms with van der Waals surface area (Å²) < 4.78 is 5.12. The number of rotatable bonds is 6. The first kappa shape index (κ1) is 16.5. The maximum Gasteiger partial charge on any atom is 0.410 e. The van der Waals surface area contributed by atoms with Crippen LogP contribution in [0.2, 0.25) is 0 Å². The predicted molar refractivity (Wildman–Crippen MR) is 92.8 cm³/mol. The van der Waals surface area contributed by atoms with Crippen LogP contribution in [-0.4, -0.2) is 36.1 Å². The van der Waals surface area contributed by atoms with Gasteiger partial charge in [-0.25, -0.2) is 4.79 Å². The van der Waals surface area contributed by atoms with Gasteiger partial charge in [0.25, 0.3) is 0 Å². The highest BCUT2D eigenvalue weighted by Gasteiger charge is 2.32. The molecular weight excluding hydrogens is 324 g/mol. The van der Waals surface area contributed by atoms with Crippen molar-refractivity contribution in [2.75, 3.05) is 13.2 Å². The first-order chi connectivity index (χ1) is 11.7. The van der Waals surface area contributed by atoms with Gasteiger partial charge in [0.2, 0.25) is 5.91 Å². The van der Waals surface area contributed by atoms with Gasteiger partial charge in [0.1, 0.15) is 6.04 Å². The molecule has 1 aromatic carbocycles. The third-order valence-electron chi connectivity index (χ3n) is 3.97. The Hall–Kier alpha value is -2.34. The fourth-order valence-electron chi connectivity index (χ4n) is 2.74. The number of hydrogen-bond donors (Lipinski definition) is 1. The highest BCUT2D eigenvalue weighted by Crippen LogP contribution is 2.15. The van der Waals surface area contributed by atoms with Crippen molar-refractivity contribution in [2.24, 2.45) is 0 Å². The number of hydrogen-bond acceptors (Lipinski definition) is 4. The fraction of sp³-hybridized carbons (Fsp3) is 0.333. The second-order valence-electron chi connectivity index (χ2n) is 5.66. The zero-order valence-electron chi connectivity index (χ0n) is 13.3. The molecule has 5 nitrogen and oxygen atoms in total. The van der Waals surface area contributed by atoms with Crippen LogP contribution < -0.4 is 5.32 Å². The molecule has 2 amide bonds. The second kappa shape index (κ2) is 7.97. The molecule has 3 rings (SSSR count). The third-order valence-corrected chi connectivity index (χ3v) is 4.85. The number of carbonyl (C=O) groups excluding carboxylic acids is 2. The van der Waals surface area contributed by atoms with E-state index in [-0.39, 0.29) is 5.91 Å². The number of nitrogens with zero attached hydrogens (tertiary/aromatic N) is 1. The molecule has 1 unspecified atom stereocenters. The molecule has 6 heteroatoms. The van der Waals surface area contributed by atoms with Crippen LogP contribution in [0.3, 0.4) is 0 Å². The monoisotopic (exact) mass is 344 g/mol. The Morgan fingerprint density at radius 2 is 2.08 bits per heavy atom. The van der Waals surface area contributed by atoms with E-state index >= 15 is 0 Å². The minimum absolute atomic E-state index is 0.147. The lowest BCUT2D eigenvalue weighted by Gasteiger charge is -2.33. The molecule has 1 saturated heterocycles. The van der Waals surface area contributed by atoms with Crippen molar-refractivity contribution in [3.63, 3.8) is 0 Å². The number of thiophene rings is 1. The van der Waals surface area contributed by atoms with E-state index in [1.54, 1.807) is 16.2 Å². The van der Waals surface area contributed by atoms with Crippen molar-refractivity contribution >= 4 is 23.3 Å². The normalized spacial score (nSPS) is 15.7. The van der Waals surface area contributed by atoms with E-state index in [4.69, 9.17) is 4.74 Å². The molecule has 1 aliphatic rings. The minimum atomic E-state index is -0.555. The predicted octanol–water partition coefficient (Wildman–Crippen LogP) is 2.82. The van der Waals surface area contributed by atoms with E-state index in [9.17, 15) is 9.59 Å². The highest BCUT2D eigenvalue weighted by atomic mass is 32.1. The molecule has 1 aromatic heterocycles. The molecule has 1 aliphatic heterocycles. The molecule has 1 fully saturated rings. The molecule has 0 spiro atoms. The van der Waals surface area contributed by atoms with E-state index in [1.165, 1.54) is 0 Å². The van der Waals surface area contributed by atoms with Gasteiger partial charge in [-0.05, 0) is 23.4 Å². The average Bonchev–Trinajstić information content (AvgIpc) is 3.13. The zero-order valence-corrected chi connectivity index (χ0v) is 14.1. The van der Waals surface area contributed by atoms with Crippen LogP contribution >= 0.6 is 11.3 Å². The van der Waals surface area contributed by atoms with Crippen molar-refractivity contribution in [3.8, 4) is 0 Å². The zero-order chi connectivity index (χ0) is 16.8. The van der Waals surface area contributed by atoms with Crippen LogP contribution in [0.25, 0.3) is 0 Å². The Morgan fingerprint density at radius 3 is 2.79 bits per heavy atom. The van der Waals surface area contributed by atoms with Gasteiger partial charge in [-0.15, -0.1) is 11.3 Å². The number of nitrogens with one attached hydrogen (secondary N) is 1. The van der Waals surface area contributed by atoms with Crippen LogP contribution in [0.4, 0.5) is 4.79 Å².